The molecule has 1 atom stereocenters. The molecule has 1 amide bonds. The van der Waals surface area contributed by atoms with Gasteiger partial charge in [0.1, 0.15) is 29.6 Å². The Balaban J connectivity index is 1.72. The molecule has 2 N–H and O–H groups in total. The van der Waals surface area contributed by atoms with E-state index in [0.717, 1.165) is 0 Å². The number of halogens is 2. The van der Waals surface area contributed by atoms with E-state index in [4.69, 9.17) is 42.2 Å². The maximum atomic E-state index is 12.5. The maximum Gasteiger partial charge on any atom is 0.265 e. The van der Waals surface area contributed by atoms with E-state index in [2.05, 4.69) is 5.32 Å². The van der Waals surface area contributed by atoms with Gasteiger partial charge in [-0.15, -0.1) is 0 Å². The molecule has 8 heteroatoms. The molecule has 0 fully saturated rings. The van der Waals surface area contributed by atoms with E-state index >= 15 is 0 Å². The Kier molecular flexibility index (Phi) is 6.69. The van der Waals surface area contributed by atoms with Gasteiger partial charge in [0.25, 0.3) is 5.91 Å². The van der Waals surface area contributed by atoms with Crippen LogP contribution in [0.1, 0.15) is 12.7 Å². The van der Waals surface area contributed by atoms with Crippen molar-refractivity contribution in [3.63, 3.8) is 0 Å². The summed E-state index contributed by atoms with van der Waals surface area (Å²) in [6.45, 7) is 1.43. The zero-order chi connectivity index (χ0) is 21.0. The molecule has 0 aliphatic rings. The first-order valence-electron chi connectivity index (χ1n) is 8.72. The van der Waals surface area contributed by atoms with Gasteiger partial charge in [0.05, 0.1) is 17.7 Å². The molecule has 0 saturated carbocycles. The van der Waals surface area contributed by atoms with Gasteiger partial charge >= 0.3 is 0 Å². The number of hydrogen-bond donors (Lipinski definition) is 2. The van der Waals surface area contributed by atoms with E-state index < -0.39 is 6.10 Å². The lowest BCUT2D eigenvalue weighted by Gasteiger charge is -2.16. The third kappa shape index (κ3) is 5.03. The number of nitrogens with one attached hydrogen (secondary N) is 1. The fourth-order valence-electron chi connectivity index (χ4n) is 2.64. The smallest absolute Gasteiger partial charge is 0.265 e. The molecule has 1 heterocycles. The molecule has 0 spiro atoms. The number of benzene rings is 2. The van der Waals surface area contributed by atoms with Crippen molar-refractivity contribution in [2.24, 2.45) is 0 Å². The van der Waals surface area contributed by atoms with E-state index in [9.17, 15) is 4.79 Å². The van der Waals surface area contributed by atoms with Crippen molar-refractivity contribution in [1.82, 2.24) is 0 Å². The highest BCUT2D eigenvalue weighted by atomic mass is 35.5. The van der Waals surface area contributed by atoms with Gasteiger partial charge in [0.2, 0.25) is 0 Å². The van der Waals surface area contributed by atoms with Gasteiger partial charge < -0.3 is 24.3 Å². The van der Waals surface area contributed by atoms with E-state index in [1.165, 1.54) is 7.11 Å². The number of furan rings is 1. The zero-order valence-corrected chi connectivity index (χ0v) is 17.3. The highest BCUT2D eigenvalue weighted by molar-refractivity contribution is 6.35. The average Bonchev–Trinajstić information content (AvgIpc) is 3.19. The first-order valence-corrected chi connectivity index (χ1v) is 9.47. The highest BCUT2D eigenvalue weighted by Gasteiger charge is 2.18. The molecule has 0 bridgehead atoms. The summed E-state index contributed by atoms with van der Waals surface area (Å²) in [5.41, 5.74) is 1.23. The SMILES string of the molecule is COc1cc(NC(=O)[C@@H](C)Oc2ccc(Cl)cc2Cl)ccc1-c1ccc(CO)o1. The fourth-order valence-corrected chi connectivity index (χ4v) is 3.09. The molecule has 6 nitrogen and oxygen atoms in total. The molecule has 29 heavy (non-hydrogen) atoms. The zero-order valence-electron chi connectivity index (χ0n) is 15.7. The van der Waals surface area contributed by atoms with Gasteiger partial charge in [-0.2, -0.15) is 0 Å². The predicted molar refractivity (Wildman–Crippen MR) is 112 cm³/mol. The summed E-state index contributed by atoms with van der Waals surface area (Å²) in [6, 6.07) is 13.4. The highest BCUT2D eigenvalue weighted by Crippen LogP contribution is 2.34. The normalized spacial score (nSPS) is 11.8. The van der Waals surface area contributed by atoms with E-state index in [0.29, 0.717) is 44.3 Å². The van der Waals surface area contributed by atoms with Crippen LogP contribution in [-0.2, 0) is 11.4 Å². The minimum Gasteiger partial charge on any atom is -0.496 e. The monoisotopic (exact) mass is 435 g/mol. The molecule has 0 aliphatic carbocycles. The molecule has 0 aliphatic heterocycles. The predicted octanol–water partition coefficient (Wildman–Crippen LogP) is 5.16. The van der Waals surface area contributed by atoms with Gasteiger partial charge in [-0.05, 0) is 49.4 Å². The Morgan fingerprint density at radius 3 is 2.59 bits per heavy atom. The Morgan fingerprint density at radius 2 is 1.93 bits per heavy atom. The van der Waals surface area contributed by atoms with Crippen molar-refractivity contribution in [2.75, 3.05) is 12.4 Å². The summed E-state index contributed by atoms with van der Waals surface area (Å²) in [7, 11) is 1.52. The topological polar surface area (TPSA) is 80.9 Å². The van der Waals surface area contributed by atoms with Gasteiger partial charge in [0.15, 0.2) is 6.10 Å². The van der Waals surface area contributed by atoms with Crippen molar-refractivity contribution >= 4 is 34.8 Å². The first kappa shape index (κ1) is 21.0. The van der Waals surface area contributed by atoms with E-state index in [-0.39, 0.29) is 12.5 Å². The molecule has 3 aromatic rings. The largest absolute Gasteiger partial charge is 0.496 e. The van der Waals surface area contributed by atoms with Crippen LogP contribution in [0.4, 0.5) is 5.69 Å². The Hall–Kier alpha value is -2.67. The van der Waals surface area contributed by atoms with Crippen LogP contribution >= 0.6 is 23.2 Å². The van der Waals surface area contributed by atoms with E-state index in [1.54, 1.807) is 55.5 Å². The number of amides is 1. The molecular weight excluding hydrogens is 417 g/mol. The van der Waals surface area contributed by atoms with Crippen molar-refractivity contribution < 1.29 is 23.8 Å². The van der Waals surface area contributed by atoms with Crippen LogP contribution in [0.25, 0.3) is 11.3 Å². The summed E-state index contributed by atoms with van der Waals surface area (Å²) in [5, 5.41) is 12.7. The summed E-state index contributed by atoms with van der Waals surface area (Å²) < 4.78 is 16.6. The van der Waals surface area contributed by atoms with Crippen molar-refractivity contribution in [3.05, 3.63) is 64.3 Å². The standard InChI is InChI=1S/C21H19Cl2NO5/c1-12(28-19-7-3-13(22)9-17(19)23)21(26)24-14-4-6-16(20(10-14)27-2)18-8-5-15(11-25)29-18/h3-10,12,25H,11H2,1-2H3,(H,24,26)/t12-/m1/s1. The molecular formula is C21H19Cl2NO5. The molecule has 0 unspecified atom stereocenters. The number of carbonyl (C=O) groups excluding carboxylic acids is 1. The fraction of sp³-hybridized carbons (Fsp3) is 0.190. The first-order chi connectivity index (χ1) is 13.9. The summed E-state index contributed by atoms with van der Waals surface area (Å²) in [4.78, 5) is 12.5. The van der Waals surface area contributed by atoms with Gasteiger partial charge in [-0.25, -0.2) is 0 Å². The van der Waals surface area contributed by atoms with Gasteiger partial charge in [-0.3, -0.25) is 4.79 Å². The van der Waals surface area contributed by atoms with Crippen LogP contribution < -0.4 is 14.8 Å². The second-order valence-electron chi connectivity index (χ2n) is 6.16. The van der Waals surface area contributed by atoms with Gasteiger partial charge in [0, 0.05) is 16.8 Å². The lowest BCUT2D eigenvalue weighted by Crippen LogP contribution is -2.30. The lowest BCUT2D eigenvalue weighted by atomic mass is 10.1. The number of rotatable bonds is 7. The van der Waals surface area contributed by atoms with Crippen LogP contribution in [-0.4, -0.2) is 24.2 Å². The van der Waals surface area contributed by atoms with Crippen molar-refractivity contribution in [3.8, 4) is 22.8 Å². The Bertz CT molecular complexity index is 1020. The number of aliphatic hydroxyl groups excluding tert-OH is 1. The molecule has 2 aromatic carbocycles. The summed E-state index contributed by atoms with van der Waals surface area (Å²) >= 11 is 12.0. The van der Waals surface area contributed by atoms with Crippen LogP contribution in [0.3, 0.4) is 0 Å². The van der Waals surface area contributed by atoms with Crippen LogP contribution in [0, 0.1) is 0 Å². The maximum absolute atomic E-state index is 12.5. The van der Waals surface area contributed by atoms with Crippen molar-refractivity contribution in [1.29, 1.82) is 0 Å². The number of methoxy groups -OCH3 is 1. The third-order valence-corrected chi connectivity index (χ3v) is 4.65. The Morgan fingerprint density at radius 1 is 1.14 bits per heavy atom. The van der Waals surface area contributed by atoms with Crippen LogP contribution in [0.5, 0.6) is 11.5 Å². The van der Waals surface area contributed by atoms with Crippen molar-refractivity contribution in [2.45, 2.75) is 19.6 Å². The third-order valence-electron chi connectivity index (χ3n) is 4.12. The summed E-state index contributed by atoms with van der Waals surface area (Å²) in [6.07, 6.45) is -0.795. The quantitative estimate of drug-likeness (QED) is 0.535. The molecule has 3 rings (SSSR count). The summed E-state index contributed by atoms with van der Waals surface area (Å²) in [5.74, 6) is 1.52. The number of aliphatic hydroxyl groups is 1. The average molecular weight is 436 g/mol. The Labute approximate surface area is 178 Å². The second-order valence-corrected chi connectivity index (χ2v) is 7.01. The number of carbonyl (C=O) groups is 1. The lowest BCUT2D eigenvalue weighted by molar-refractivity contribution is -0.122. The van der Waals surface area contributed by atoms with Crippen LogP contribution in [0.2, 0.25) is 10.0 Å². The minimum atomic E-state index is -0.795. The van der Waals surface area contributed by atoms with E-state index in [1.807, 2.05) is 0 Å². The number of hydrogen-bond acceptors (Lipinski definition) is 5. The van der Waals surface area contributed by atoms with Crippen LogP contribution in [0.15, 0.2) is 52.9 Å². The molecule has 0 radical (unpaired) electrons. The molecule has 152 valence electrons. The molecule has 1 aromatic heterocycles. The number of anilines is 1. The minimum absolute atomic E-state index is 0.189. The van der Waals surface area contributed by atoms with Gasteiger partial charge in [-0.1, -0.05) is 23.2 Å². The second kappa shape index (κ2) is 9.22. The number of ether oxygens (including phenoxy) is 2. The molecule has 0 saturated heterocycles.